The van der Waals surface area contributed by atoms with Gasteiger partial charge in [-0.1, -0.05) is 37.2 Å². The van der Waals surface area contributed by atoms with E-state index in [2.05, 4.69) is 41.7 Å². The third-order valence-electron chi connectivity index (χ3n) is 4.56. The molecule has 0 unspecified atom stereocenters. The fourth-order valence-corrected chi connectivity index (χ4v) is 4.20. The highest BCUT2D eigenvalue weighted by molar-refractivity contribution is 7.99. The van der Waals surface area contributed by atoms with Gasteiger partial charge in [0, 0.05) is 31.4 Å². The summed E-state index contributed by atoms with van der Waals surface area (Å²) in [4.78, 5) is 12.9. The van der Waals surface area contributed by atoms with Gasteiger partial charge in [-0.25, -0.2) is 4.98 Å². The Kier molecular flexibility index (Phi) is 5.39. The summed E-state index contributed by atoms with van der Waals surface area (Å²) in [6.45, 7) is 8.65. The number of fused-ring (bicyclic) bond motifs is 1. The molecule has 2 aromatic rings. The monoisotopic (exact) mass is 352 g/mol. The highest BCUT2D eigenvalue weighted by Gasteiger charge is 2.18. The molecule has 1 fully saturated rings. The van der Waals surface area contributed by atoms with Gasteiger partial charge >= 0.3 is 0 Å². The van der Waals surface area contributed by atoms with Crippen molar-refractivity contribution in [2.24, 2.45) is 0 Å². The maximum atomic E-state index is 6.53. The van der Waals surface area contributed by atoms with Crippen molar-refractivity contribution in [1.82, 2.24) is 14.9 Å². The van der Waals surface area contributed by atoms with Crippen molar-refractivity contribution in [3.05, 3.63) is 17.2 Å². The van der Waals surface area contributed by atoms with Crippen molar-refractivity contribution >= 4 is 40.1 Å². The van der Waals surface area contributed by atoms with E-state index in [0.717, 1.165) is 65.9 Å². The molecule has 1 aromatic carbocycles. The number of hydrogen-bond donors (Lipinski definition) is 1. The van der Waals surface area contributed by atoms with E-state index < -0.39 is 0 Å². The van der Waals surface area contributed by atoms with E-state index >= 15 is 0 Å². The second-order valence-electron chi connectivity index (χ2n) is 6.21. The minimum Gasteiger partial charge on any atom is -0.368 e. The molecule has 1 aliphatic heterocycles. The van der Waals surface area contributed by atoms with Crippen molar-refractivity contribution in [2.75, 3.05) is 38.1 Å². The lowest BCUT2D eigenvalue weighted by atomic mass is 10.2. The lowest BCUT2D eigenvalue weighted by Crippen LogP contribution is -2.44. The normalized spacial score (nSPS) is 16.7. The molecule has 1 N–H and O–H groups in total. The zero-order valence-corrected chi connectivity index (χ0v) is 15.7. The number of benzene rings is 1. The summed E-state index contributed by atoms with van der Waals surface area (Å²) in [5.74, 6) is 0. The Hall–Kier alpha value is -0.910. The first-order valence-electron chi connectivity index (χ1n) is 8.40. The van der Waals surface area contributed by atoms with E-state index in [-0.39, 0.29) is 0 Å². The summed E-state index contributed by atoms with van der Waals surface area (Å²) in [5, 5.41) is 2.41. The number of H-pyrrole nitrogens is 1. The molecule has 1 aromatic heterocycles. The standard InChI is InChI=1S/C17H25ClN4S/c1-4-12(5-2)23-17-19-14-10-13(18)16(11-15(14)20-17)22-8-6-21(3)7-9-22/h10-12H,4-9H2,1-3H3,(H,19,20). The van der Waals surface area contributed by atoms with Gasteiger partial charge in [0.1, 0.15) is 0 Å². The molecule has 0 atom stereocenters. The maximum Gasteiger partial charge on any atom is 0.166 e. The maximum absolute atomic E-state index is 6.53. The number of piperazine rings is 1. The van der Waals surface area contributed by atoms with E-state index in [1.807, 2.05) is 17.8 Å². The van der Waals surface area contributed by atoms with Crippen LogP contribution in [-0.2, 0) is 0 Å². The SMILES string of the molecule is CCC(CC)Sc1nc2cc(Cl)c(N3CCN(C)CC3)cc2[nH]1. The molecule has 126 valence electrons. The van der Waals surface area contributed by atoms with Gasteiger partial charge < -0.3 is 14.8 Å². The van der Waals surface area contributed by atoms with Gasteiger partial charge in [-0.2, -0.15) is 0 Å². The molecule has 1 aliphatic rings. The first kappa shape index (κ1) is 16.9. The average Bonchev–Trinajstić information content (AvgIpc) is 2.94. The molecule has 0 aliphatic carbocycles. The number of aromatic nitrogens is 2. The van der Waals surface area contributed by atoms with Gasteiger partial charge in [-0.15, -0.1) is 0 Å². The number of rotatable bonds is 5. The highest BCUT2D eigenvalue weighted by Crippen LogP contribution is 2.33. The van der Waals surface area contributed by atoms with Crippen molar-refractivity contribution in [1.29, 1.82) is 0 Å². The van der Waals surface area contributed by atoms with E-state index in [4.69, 9.17) is 16.6 Å². The molecular weight excluding hydrogens is 328 g/mol. The topological polar surface area (TPSA) is 35.2 Å². The summed E-state index contributed by atoms with van der Waals surface area (Å²) in [6.07, 6.45) is 2.32. The number of imidazole rings is 1. The number of anilines is 1. The van der Waals surface area contributed by atoms with Crippen molar-refractivity contribution in [3.8, 4) is 0 Å². The summed E-state index contributed by atoms with van der Waals surface area (Å²) < 4.78 is 0. The number of halogens is 1. The van der Waals surface area contributed by atoms with Crippen LogP contribution in [0.15, 0.2) is 17.3 Å². The number of nitrogens with one attached hydrogen (secondary N) is 1. The number of nitrogens with zero attached hydrogens (tertiary/aromatic N) is 3. The molecule has 0 bridgehead atoms. The van der Waals surface area contributed by atoms with E-state index in [1.54, 1.807) is 0 Å². The van der Waals surface area contributed by atoms with Crippen LogP contribution in [0.4, 0.5) is 5.69 Å². The largest absolute Gasteiger partial charge is 0.368 e. The first-order chi connectivity index (χ1) is 11.1. The van der Waals surface area contributed by atoms with Gasteiger partial charge in [0.25, 0.3) is 0 Å². The van der Waals surface area contributed by atoms with Crippen LogP contribution < -0.4 is 4.90 Å². The Bertz CT molecular complexity index is 660. The van der Waals surface area contributed by atoms with E-state index in [9.17, 15) is 0 Å². The van der Waals surface area contributed by atoms with Crippen LogP contribution in [0.3, 0.4) is 0 Å². The van der Waals surface area contributed by atoms with Crippen LogP contribution in [0.25, 0.3) is 11.0 Å². The summed E-state index contributed by atoms with van der Waals surface area (Å²) >= 11 is 8.36. The molecule has 0 amide bonds. The second kappa shape index (κ2) is 7.32. The molecule has 4 nitrogen and oxygen atoms in total. The molecule has 3 rings (SSSR count). The van der Waals surface area contributed by atoms with Crippen LogP contribution in [-0.4, -0.2) is 53.3 Å². The van der Waals surface area contributed by atoms with Gasteiger partial charge in [0.05, 0.1) is 21.7 Å². The quantitative estimate of drug-likeness (QED) is 0.816. The molecule has 0 saturated carbocycles. The lowest BCUT2D eigenvalue weighted by Gasteiger charge is -2.34. The number of hydrogen-bond acceptors (Lipinski definition) is 4. The number of aromatic amines is 1. The minimum atomic E-state index is 0.614. The fourth-order valence-electron chi connectivity index (χ4n) is 2.96. The predicted molar refractivity (Wildman–Crippen MR) is 101 cm³/mol. The third-order valence-corrected chi connectivity index (χ3v) is 6.28. The van der Waals surface area contributed by atoms with Crippen LogP contribution in [0.1, 0.15) is 26.7 Å². The predicted octanol–water partition coefficient (Wildman–Crippen LogP) is 4.25. The highest BCUT2D eigenvalue weighted by atomic mass is 35.5. The first-order valence-corrected chi connectivity index (χ1v) is 9.65. The van der Waals surface area contributed by atoms with Gasteiger partial charge in [-0.3, -0.25) is 0 Å². The van der Waals surface area contributed by atoms with Crippen LogP contribution >= 0.6 is 23.4 Å². The zero-order valence-electron chi connectivity index (χ0n) is 14.1. The molecular formula is C17H25ClN4S. The van der Waals surface area contributed by atoms with E-state index in [0.29, 0.717) is 5.25 Å². The molecule has 2 heterocycles. The third kappa shape index (κ3) is 3.78. The van der Waals surface area contributed by atoms with Crippen LogP contribution in [0, 0.1) is 0 Å². The van der Waals surface area contributed by atoms with Gasteiger partial charge in [0.2, 0.25) is 0 Å². The summed E-state index contributed by atoms with van der Waals surface area (Å²) in [7, 11) is 2.17. The Balaban J connectivity index is 1.85. The smallest absolute Gasteiger partial charge is 0.166 e. The molecule has 0 spiro atoms. The number of thioether (sulfide) groups is 1. The minimum absolute atomic E-state index is 0.614. The van der Waals surface area contributed by atoms with Crippen molar-refractivity contribution in [3.63, 3.8) is 0 Å². The number of likely N-dealkylation sites (N-methyl/N-ethyl adjacent to an activating group) is 1. The van der Waals surface area contributed by atoms with E-state index in [1.165, 1.54) is 0 Å². The summed E-state index contributed by atoms with van der Waals surface area (Å²) in [6, 6.07) is 4.16. The molecule has 23 heavy (non-hydrogen) atoms. The van der Waals surface area contributed by atoms with Crippen molar-refractivity contribution in [2.45, 2.75) is 37.1 Å². The Morgan fingerprint density at radius 1 is 1.22 bits per heavy atom. The lowest BCUT2D eigenvalue weighted by molar-refractivity contribution is 0.313. The average molecular weight is 353 g/mol. The molecule has 1 saturated heterocycles. The molecule has 6 heteroatoms. The fraction of sp³-hybridized carbons (Fsp3) is 0.588. The summed E-state index contributed by atoms with van der Waals surface area (Å²) in [5.41, 5.74) is 3.16. The zero-order chi connectivity index (χ0) is 16.4. The van der Waals surface area contributed by atoms with Gasteiger partial charge in [-0.05, 0) is 32.0 Å². The Labute approximate surface area is 147 Å². The van der Waals surface area contributed by atoms with Crippen LogP contribution in [0.5, 0.6) is 0 Å². The molecule has 0 radical (unpaired) electrons. The van der Waals surface area contributed by atoms with Crippen LogP contribution in [0.2, 0.25) is 5.02 Å². The second-order valence-corrected chi connectivity index (χ2v) is 7.91. The Morgan fingerprint density at radius 2 is 1.91 bits per heavy atom. The van der Waals surface area contributed by atoms with Crippen molar-refractivity contribution < 1.29 is 0 Å². The van der Waals surface area contributed by atoms with Gasteiger partial charge in [0.15, 0.2) is 5.16 Å². The Morgan fingerprint density at radius 3 is 2.57 bits per heavy atom.